The van der Waals surface area contributed by atoms with Crippen LogP contribution in [0.4, 0.5) is 0 Å². The van der Waals surface area contributed by atoms with E-state index in [2.05, 4.69) is 0 Å². The molecule has 6 heteroatoms. The van der Waals surface area contributed by atoms with E-state index in [9.17, 15) is 9.90 Å². The molecule has 2 aromatic carbocycles. The Kier molecular flexibility index (Phi) is 4.44. The van der Waals surface area contributed by atoms with Gasteiger partial charge in [-0.05, 0) is 19.1 Å². The van der Waals surface area contributed by atoms with Crippen LogP contribution in [0.2, 0.25) is 0 Å². The Morgan fingerprint density at radius 1 is 1.19 bits per heavy atom. The molecule has 4 aromatic rings. The fourth-order valence-corrected chi connectivity index (χ4v) is 4.16. The van der Waals surface area contributed by atoms with E-state index in [0.29, 0.717) is 18.0 Å². The molecule has 0 saturated heterocycles. The number of esters is 1. The van der Waals surface area contributed by atoms with Crippen LogP contribution in [0.25, 0.3) is 26.4 Å². The molecule has 2 heterocycles. The van der Waals surface area contributed by atoms with E-state index in [1.165, 1.54) is 0 Å². The standard InChI is InChI=1S/C20H18N2O3S/c1-2-25-17(24)12-15(23)19-18(13-8-4-3-5-9-13)21-20-22(19)14-10-6-7-11-16(14)26-20/h3-11,15,23H,2,12H2,1H3. The minimum atomic E-state index is -1.00. The molecule has 4 rings (SSSR count). The first kappa shape index (κ1) is 16.8. The van der Waals surface area contributed by atoms with Crippen LogP contribution in [0.5, 0.6) is 0 Å². The first-order valence-electron chi connectivity index (χ1n) is 8.48. The quantitative estimate of drug-likeness (QED) is 0.538. The molecular weight excluding hydrogens is 348 g/mol. The van der Waals surface area contributed by atoms with Crippen molar-refractivity contribution in [1.29, 1.82) is 0 Å². The van der Waals surface area contributed by atoms with E-state index >= 15 is 0 Å². The van der Waals surface area contributed by atoms with Gasteiger partial charge in [0.05, 0.1) is 34.6 Å². The second kappa shape index (κ2) is 6.90. The zero-order chi connectivity index (χ0) is 18.1. The molecule has 0 fully saturated rings. The Balaban J connectivity index is 1.92. The Morgan fingerprint density at radius 3 is 2.69 bits per heavy atom. The summed E-state index contributed by atoms with van der Waals surface area (Å²) in [6.45, 7) is 2.05. The number of ether oxygens (including phenoxy) is 1. The van der Waals surface area contributed by atoms with Gasteiger partial charge in [0.15, 0.2) is 4.96 Å². The predicted octanol–water partition coefficient (Wildman–Crippen LogP) is 4.20. The summed E-state index contributed by atoms with van der Waals surface area (Å²) in [4.78, 5) is 17.5. The van der Waals surface area contributed by atoms with Gasteiger partial charge in [-0.1, -0.05) is 53.8 Å². The molecule has 0 saturated carbocycles. The van der Waals surface area contributed by atoms with Gasteiger partial charge >= 0.3 is 5.97 Å². The molecule has 0 radical (unpaired) electrons. The van der Waals surface area contributed by atoms with Gasteiger partial charge in [-0.3, -0.25) is 9.20 Å². The van der Waals surface area contributed by atoms with E-state index in [1.54, 1.807) is 18.3 Å². The molecule has 5 nitrogen and oxygen atoms in total. The van der Waals surface area contributed by atoms with Crippen LogP contribution in [0.1, 0.15) is 25.1 Å². The number of rotatable bonds is 5. The lowest BCUT2D eigenvalue weighted by atomic mass is 10.1. The van der Waals surface area contributed by atoms with E-state index in [-0.39, 0.29) is 6.42 Å². The largest absolute Gasteiger partial charge is 0.466 e. The van der Waals surface area contributed by atoms with E-state index in [1.807, 2.05) is 59.0 Å². The number of aliphatic hydroxyl groups is 1. The number of fused-ring (bicyclic) bond motifs is 3. The van der Waals surface area contributed by atoms with Crippen molar-refractivity contribution in [1.82, 2.24) is 9.38 Å². The maximum absolute atomic E-state index is 11.9. The van der Waals surface area contributed by atoms with Crippen molar-refractivity contribution in [2.75, 3.05) is 6.61 Å². The molecule has 132 valence electrons. The SMILES string of the molecule is CCOC(=O)CC(O)c1c(-c2ccccc2)nc2sc3ccccc3n12. The Hall–Kier alpha value is -2.70. The van der Waals surface area contributed by atoms with Crippen LogP contribution < -0.4 is 0 Å². The number of aliphatic hydroxyl groups excluding tert-OH is 1. The lowest BCUT2D eigenvalue weighted by Gasteiger charge is -2.12. The predicted molar refractivity (Wildman–Crippen MR) is 102 cm³/mol. The van der Waals surface area contributed by atoms with Crippen LogP contribution in [0.3, 0.4) is 0 Å². The van der Waals surface area contributed by atoms with Gasteiger partial charge in [0, 0.05) is 5.56 Å². The fraction of sp³-hybridized carbons (Fsp3) is 0.200. The molecule has 0 aliphatic rings. The first-order chi connectivity index (χ1) is 12.7. The van der Waals surface area contributed by atoms with Gasteiger partial charge in [0.25, 0.3) is 0 Å². The maximum atomic E-state index is 11.9. The van der Waals surface area contributed by atoms with Crippen LogP contribution >= 0.6 is 11.3 Å². The summed E-state index contributed by atoms with van der Waals surface area (Å²) in [5, 5.41) is 10.9. The highest BCUT2D eigenvalue weighted by molar-refractivity contribution is 7.23. The van der Waals surface area contributed by atoms with Crippen LogP contribution in [0, 0.1) is 0 Å². The molecule has 1 unspecified atom stereocenters. The molecule has 0 aliphatic heterocycles. The highest BCUT2D eigenvalue weighted by Crippen LogP contribution is 2.36. The fourth-order valence-electron chi connectivity index (χ4n) is 3.13. The number of thiazole rings is 1. The van der Waals surface area contributed by atoms with E-state index < -0.39 is 12.1 Å². The monoisotopic (exact) mass is 366 g/mol. The van der Waals surface area contributed by atoms with Crippen LogP contribution in [-0.4, -0.2) is 27.1 Å². The molecule has 1 N–H and O–H groups in total. The number of nitrogens with zero attached hydrogens (tertiary/aromatic N) is 2. The first-order valence-corrected chi connectivity index (χ1v) is 9.29. The smallest absolute Gasteiger partial charge is 0.308 e. The van der Waals surface area contributed by atoms with Gasteiger partial charge < -0.3 is 9.84 Å². The summed E-state index contributed by atoms with van der Waals surface area (Å²) in [6.07, 6.45) is -1.11. The number of hydrogen-bond donors (Lipinski definition) is 1. The summed E-state index contributed by atoms with van der Waals surface area (Å²) in [7, 11) is 0. The van der Waals surface area contributed by atoms with Gasteiger partial charge in [-0.15, -0.1) is 0 Å². The summed E-state index contributed by atoms with van der Waals surface area (Å²) in [6, 6.07) is 17.7. The summed E-state index contributed by atoms with van der Waals surface area (Å²) in [5.74, 6) is -0.423. The van der Waals surface area contributed by atoms with Crippen molar-refractivity contribution in [3.8, 4) is 11.3 Å². The second-order valence-corrected chi connectivity index (χ2v) is 6.93. The third-order valence-corrected chi connectivity index (χ3v) is 5.24. The van der Waals surface area contributed by atoms with Gasteiger partial charge in [-0.25, -0.2) is 4.98 Å². The van der Waals surface area contributed by atoms with E-state index in [4.69, 9.17) is 9.72 Å². The second-order valence-electron chi connectivity index (χ2n) is 5.92. The van der Waals surface area contributed by atoms with Gasteiger partial charge in [0.2, 0.25) is 0 Å². The Labute approximate surface area is 154 Å². The van der Waals surface area contributed by atoms with Gasteiger partial charge in [-0.2, -0.15) is 0 Å². The van der Waals surface area contributed by atoms with Crippen molar-refractivity contribution in [3.05, 3.63) is 60.3 Å². The average molecular weight is 366 g/mol. The minimum Gasteiger partial charge on any atom is -0.466 e. The van der Waals surface area contributed by atoms with Gasteiger partial charge in [0.1, 0.15) is 6.10 Å². The Bertz CT molecular complexity index is 1070. The molecule has 0 spiro atoms. The lowest BCUT2D eigenvalue weighted by molar-refractivity contribution is -0.145. The van der Waals surface area contributed by atoms with Crippen molar-refractivity contribution >= 4 is 32.5 Å². The molecule has 0 bridgehead atoms. The number of benzene rings is 2. The number of imidazole rings is 1. The highest BCUT2D eigenvalue weighted by atomic mass is 32.1. The molecule has 26 heavy (non-hydrogen) atoms. The molecular formula is C20H18N2O3S. The minimum absolute atomic E-state index is 0.106. The molecule has 0 aliphatic carbocycles. The zero-order valence-electron chi connectivity index (χ0n) is 14.3. The maximum Gasteiger partial charge on any atom is 0.308 e. The van der Waals surface area contributed by atoms with Crippen molar-refractivity contribution < 1.29 is 14.6 Å². The number of carbonyl (C=O) groups excluding carboxylic acids is 1. The van der Waals surface area contributed by atoms with Crippen LogP contribution in [0.15, 0.2) is 54.6 Å². The molecule has 0 amide bonds. The van der Waals surface area contributed by atoms with E-state index in [0.717, 1.165) is 20.7 Å². The summed E-state index contributed by atoms with van der Waals surface area (Å²) < 4.78 is 8.04. The zero-order valence-corrected chi connectivity index (χ0v) is 15.1. The molecule has 1 atom stereocenters. The third kappa shape index (κ3) is 2.87. The van der Waals surface area contributed by atoms with Crippen molar-refractivity contribution in [2.24, 2.45) is 0 Å². The average Bonchev–Trinajstić information content (AvgIpc) is 3.18. The number of carbonyl (C=O) groups is 1. The normalized spacial score (nSPS) is 12.5. The third-order valence-electron chi connectivity index (χ3n) is 4.22. The summed E-state index contributed by atoms with van der Waals surface area (Å²) in [5.41, 5.74) is 3.20. The van der Waals surface area contributed by atoms with Crippen molar-refractivity contribution in [2.45, 2.75) is 19.4 Å². The highest BCUT2D eigenvalue weighted by Gasteiger charge is 2.25. The van der Waals surface area contributed by atoms with Crippen LogP contribution in [-0.2, 0) is 9.53 Å². The Morgan fingerprint density at radius 2 is 1.92 bits per heavy atom. The lowest BCUT2D eigenvalue weighted by Crippen LogP contribution is -2.12. The van der Waals surface area contributed by atoms with Crippen molar-refractivity contribution in [3.63, 3.8) is 0 Å². The number of hydrogen-bond acceptors (Lipinski definition) is 5. The number of para-hydroxylation sites is 1. The topological polar surface area (TPSA) is 63.8 Å². The molecule has 2 aromatic heterocycles. The number of aromatic nitrogens is 2. The summed E-state index contributed by atoms with van der Waals surface area (Å²) >= 11 is 1.56.